The molecule has 2 fully saturated rings. The minimum Gasteiger partial charge on any atom is -0.460 e. The van der Waals surface area contributed by atoms with Gasteiger partial charge in [0.15, 0.2) is 11.2 Å². The van der Waals surface area contributed by atoms with Gasteiger partial charge in [-0.15, -0.1) is 0 Å². The van der Waals surface area contributed by atoms with E-state index in [0.717, 1.165) is 53.9 Å². The number of aromatic nitrogens is 2. The first-order valence-electron chi connectivity index (χ1n) is 19.2. The zero-order valence-corrected chi connectivity index (χ0v) is 32.5. The molecule has 11 nitrogen and oxygen atoms in total. The second-order valence-electron chi connectivity index (χ2n) is 14.9. The molecule has 0 aliphatic carbocycles. The van der Waals surface area contributed by atoms with Crippen molar-refractivity contribution in [2.75, 3.05) is 33.2 Å². The van der Waals surface area contributed by atoms with Gasteiger partial charge in [0.1, 0.15) is 35.2 Å². The van der Waals surface area contributed by atoms with E-state index in [4.69, 9.17) is 33.0 Å². The monoisotopic (exact) mass is 801 g/mol. The molecular weight excluding hydrogens is 758 g/mol. The third-order valence-corrected chi connectivity index (χ3v) is 11.1. The van der Waals surface area contributed by atoms with Gasteiger partial charge in [-0.05, 0) is 93.7 Å². The number of alkyl halides is 4. The van der Waals surface area contributed by atoms with Gasteiger partial charge in [-0.2, -0.15) is 17.6 Å². The molecule has 0 spiro atoms. The van der Waals surface area contributed by atoms with Crippen LogP contribution in [-0.2, 0) is 22.7 Å². The van der Waals surface area contributed by atoms with Crippen molar-refractivity contribution in [2.45, 2.75) is 72.1 Å². The number of rotatable bonds is 12. The molecule has 2 aliphatic rings. The van der Waals surface area contributed by atoms with Gasteiger partial charge in [-0.25, -0.2) is 9.97 Å². The lowest BCUT2D eigenvalue weighted by Gasteiger charge is -2.37. The number of benzene rings is 4. The lowest BCUT2D eigenvalue weighted by Crippen LogP contribution is -2.49. The Morgan fingerprint density at radius 1 is 0.828 bits per heavy atom. The van der Waals surface area contributed by atoms with Crippen molar-refractivity contribution in [1.82, 2.24) is 25.1 Å². The normalized spacial score (nSPS) is 17.9. The fourth-order valence-electron chi connectivity index (χ4n) is 7.84. The van der Waals surface area contributed by atoms with Crippen molar-refractivity contribution in [3.63, 3.8) is 0 Å². The number of fused-ring (bicyclic) bond motifs is 2. The second kappa shape index (κ2) is 16.4. The van der Waals surface area contributed by atoms with Crippen LogP contribution in [0, 0.1) is 13.8 Å². The van der Waals surface area contributed by atoms with E-state index in [9.17, 15) is 22.4 Å². The predicted molar refractivity (Wildman–Crippen MR) is 209 cm³/mol. The number of oxazole rings is 2. The first kappa shape index (κ1) is 39.3. The summed E-state index contributed by atoms with van der Waals surface area (Å²) in [6.45, 7) is 3.25. The van der Waals surface area contributed by atoms with Crippen molar-refractivity contribution < 1.29 is 45.4 Å². The molecular formula is C43H43F4N5O6. The molecule has 0 amide bonds. The summed E-state index contributed by atoms with van der Waals surface area (Å²) in [6.07, 6.45) is 1.49. The summed E-state index contributed by atoms with van der Waals surface area (Å²) < 4.78 is 81.6. The van der Waals surface area contributed by atoms with Gasteiger partial charge >= 0.3 is 19.2 Å². The van der Waals surface area contributed by atoms with Crippen LogP contribution in [0.4, 0.5) is 17.6 Å². The molecule has 2 aromatic heterocycles. The van der Waals surface area contributed by atoms with E-state index in [2.05, 4.69) is 29.1 Å². The van der Waals surface area contributed by atoms with Crippen LogP contribution in [0.1, 0.15) is 42.0 Å². The third kappa shape index (κ3) is 8.11. The summed E-state index contributed by atoms with van der Waals surface area (Å²) >= 11 is 0. The lowest BCUT2D eigenvalue weighted by atomic mass is 9.91. The van der Waals surface area contributed by atoms with Crippen LogP contribution < -0.4 is 14.8 Å². The van der Waals surface area contributed by atoms with Crippen molar-refractivity contribution in [3.8, 4) is 45.5 Å². The number of carbonyl (C=O) groups excluding carboxylic acids is 1. The van der Waals surface area contributed by atoms with Crippen LogP contribution in [0.5, 0.6) is 11.5 Å². The molecule has 58 heavy (non-hydrogen) atoms. The quantitative estimate of drug-likeness (QED) is 0.0947. The summed E-state index contributed by atoms with van der Waals surface area (Å²) in [5.74, 6) is 0.0196. The van der Waals surface area contributed by atoms with Crippen LogP contribution in [0.3, 0.4) is 0 Å². The molecule has 2 aliphatic heterocycles. The number of hydrogen-bond acceptors (Lipinski definition) is 11. The Morgan fingerprint density at radius 3 is 1.91 bits per heavy atom. The molecule has 1 N–H and O–H groups in total. The molecule has 0 bridgehead atoms. The van der Waals surface area contributed by atoms with Crippen molar-refractivity contribution in [1.29, 1.82) is 0 Å². The molecule has 15 heteroatoms. The van der Waals surface area contributed by atoms with Crippen LogP contribution in [0.25, 0.3) is 56.2 Å². The molecule has 304 valence electrons. The molecule has 8 rings (SSSR count). The number of hydrogen-bond donors (Lipinski definition) is 1. The van der Waals surface area contributed by atoms with Crippen LogP contribution in [0.2, 0.25) is 0 Å². The number of nitrogens with one attached hydrogen (secondary N) is 1. The Bertz CT molecular complexity index is 2460. The predicted octanol–water partition coefficient (Wildman–Crippen LogP) is 8.72. The number of piperazine rings is 1. The van der Waals surface area contributed by atoms with Crippen LogP contribution >= 0.6 is 0 Å². The largest absolute Gasteiger partial charge is 0.460 e. The maximum absolute atomic E-state index is 13.6. The highest BCUT2D eigenvalue weighted by Crippen LogP contribution is 2.39. The molecule has 0 saturated carbocycles. The molecule has 4 heterocycles. The van der Waals surface area contributed by atoms with Gasteiger partial charge in [-0.1, -0.05) is 24.3 Å². The van der Waals surface area contributed by atoms with Crippen molar-refractivity contribution >= 4 is 28.2 Å². The summed E-state index contributed by atoms with van der Waals surface area (Å²) in [5.41, 5.74) is 7.15. The highest BCUT2D eigenvalue weighted by molar-refractivity contribution is 5.85. The maximum atomic E-state index is 13.6. The average molecular weight is 802 g/mol. The Balaban J connectivity index is 1.09. The molecule has 0 radical (unpaired) electrons. The maximum Gasteiger partial charge on any atom is 0.387 e. The van der Waals surface area contributed by atoms with E-state index in [1.807, 2.05) is 50.2 Å². The van der Waals surface area contributed by atoms with Crippen LogP contribution in [-0.4, -0.2) is 84.3 Å². The summed E-state index contributed by atoms with van der Waals surface area (Å²) in [6, 6.07) is 17.5. The third-order valence-electron chi connectivity index (χ3n) is 11.1. The standard InChI is InChI=1S/C43H43F4N5O6/c1-23-20-52(15-14-51(23)4)21-26-16-33-37(18-35(26)57-42(44)45)55-39(49-33)30-10-5-8-28(24(30)2)29-9-6-11-31(25(29)3)40-50-34-17-27(22-54-41(53)32-12-7-13-48-32)36(58-43(46)47)19-38(34)56-40/h5-6,8-11,16-19,23,32,42-43,48H,7,12-15,20-22H2,1-4H3/t23?,32-/m0/s1. The Morgan fingerprint density at radius 2 is 1.38 bits per heavy atom. The summed E-state index contributed by atoms with van der Waals surface area (Å²) in [7, 11) is 2.07. The van der Waals surface area contributed by atoms with Gasteiger partial charge < -0.3 is 33.3 Å². The number of ether oxygens (including phenoxy) is 3. The van der Waals surface area contributed by atoms with Crippen LogP contribution in [0.15, 0.2) is 69.5 Å². The highest BCUT2D eigenvalue weighted by Gasteiger charge is 2.26. The fraction of sp³-hybridized carbons (Fsp3) is 0.372. The van der Waals surface area contributed by atoms with Gasteiger partial charge in [-0.3, -0.25) is 9.69 Å². The SMILES string of the molecule is Cc1c(-c2nc3cc(COC(=O)[C@@H]4CCCN4)c(OC(F)F)cc3o2)cccc1-c1cccc(-c2nc3cc(CN4CCN(C)C(C)C4)c(OC(F)F)cc3o2)c1C. The Labute approximate surface area is 331 Å². The zero-order valence-electron chi connectivity index (χ0n) is 32.5. The Hall–Kier alpha value is -5.51. The van der Waals surface area contributed by atoms with Gasteiger partial charge in [0.25, 0.3) is 0 Å². The molecule has 2 saturated heterocycles. The highest BCUT2D eigenvalue weighted by atomic mass is 19.3. The van der Waals surface area contributed by atoms with E-state index in [1.165, 1.54) is 18.2 Å². The molecule has 6 aromatic rings. The number of halogens is 4. The number of nitrogens with zero attached hydrogens (tertiary/aromatic N) is 4. The van der Waals surface area contributed by atoms with E-state index < -0.39 is 25.2 Å². The molecule has 1 unspecified atom stereocenters. The summed E-state index contributed by atoms with van der Waals surface area (Å²) in [5, 5.41) is 3.07. The smallest absolute Gasteiger partial charge is 0.387 e. The summed E-state index contributed by atoms with van der Waals surface area (Å²) in [4.78, 5) is 26.6. The molecule has 4 aromatic carbocycles. The van der Waals surface area contributed by atoms with E-state index >= 15 is 0 Å². The van der Waals surface area contributed by atoms with E-state index in [-0.39, 0.29) is 35.1 Å². The fourth-order valence-corrected chi connectivity index (χ4v) is 7.84. The van der Waals surface area contributed by atoms with E-state index in [1.54, 1.807) is 6.07 Å². The van der Waals surface area contributed by atoms with Crippen molar-refractivity contribution in [3.05, 3.63) is 82.9 Å². The molecule has 2 atom stereocenters. The first-order chi connectivity index (χ1) is 27.9. The minimum absolute atomic E-state index is 0.0585. The second-order valence-corrected chi connectivity index (χ2v) is 14.9. The van der Waals surface area contributed by atoms with E-state index in [0.29, 0.717) is 59.2 Å². The topological polar surface area (TPSA) is 115 Å². The number of likely N-dealkylation sites (N-methyl/N-ethyl adjacent to an activating group) is 1. The Kier molecular flexibility index (Phi) is 11.1. The van der Waals surface area contributed by atoms with Gasteiger partial charge in [0, 0.05) is 66.6 Å². The average Bonchev–Trinajstić information content (AvgIpc) is 3.96. The zero-order chi connectivity index (χ0) is 40.7. The first-order valence-corrected chi connectivity index (χ1v) is 19.2. The van der Waals surface area contributed by atoms with Crippen molar-refractivity contribution in [2.24, 2.45) is 0 Å². The minimum atomic E-state index is -3.11. The number of esters is 1. The number of carbonyl (C=O) groups is 1. The van der Waals surface area contributed by atoms with Gasteiger partial charge in [0.2, 0.25) is 11.8 Å². The lowest BCUT2D eigenvalue weighted by molar-refractivity contribution is -0.147. The van der Waals surface area contributed by atoms with Gasteiger partial charge in [0.05, 0.1) is 0 Å².